The molecule has 0 aromatic heterocycles. The number of hydrogen-bond donors (Lipinski definition) is 0. The van der Waals surface area contributed by atoms with Crippen molar-refractivity contribution in [3.05, 3.63) is 35.9 Å². The van der Waals surface area contributed by atoms with Crippen LogP contribution in [0.4, 0.5) is 0 Å². The van der Waals surface area contributed by atoms with E-state index in [2.05, 4.69) is 43.0 Å². The minimum Gasteiger partial charge on any atom is -0.342 e. The summed E-state index contributed by atoms with van der Waals surface area (Å²) in [6, 6.07) is 10.4. The van der Waals surface area contributed by atoms with Gasteiger partial charge >= 0.3 is 0 Å². The molecule has 0 saturated carbocycles. The number of carbonyl (C=O) groups is 1. The van der Waals surface area contributed by atoms with Gasteiger partial charge in [-0.2, -0.15) is 0 Å². The molecule has 0 spiro atoms. The maximum absolute atomic E-state index is 12.7. The molecule has 0 bridgehead atoms. The molecule has 0 aliphatic carbocycles. The van der Waals surface area contributed by atoms with Gasteiger partial charge in [0.25, 0.3) is 0 Å². The topological polar surface area (TPSA) is 20.3 Å². The van der Waals surface area contributed by atoms with Gasteiger partial charge in [-0.05, 0) is 37.2 Å². The first-order valence-corrected chi connectivity index (χ1v) is 7.51. The highest BCUT2D eigenvalue weighted by atomic mass is 16.2. The van der Waals surface area contributed by atoms with Crippen LogP contribution in [0.1, 0.15) is 38.7 Å². The molecule has 1 amide bonds. The first-order valence-electron chi connectivity index (χ1n) is 7.51. The molecule has 2 heteroatoms. The zero-order valence-electron chi connectivity index (χ0n) is 12.1. The fourth-order valence-corrected chi connectivity index (χ4v) is 2.82. The molecule has 1 aliphatic rings. The molecule has 0 radical (unpaired) electrons. The maximum atomic E-state index is 12.7. The second kappa shape index (κ2) is 6.74. The molecule has 2 rings (SSSR count). The number of rotatable bonds is 4. The summed E-state index contributed by atoms with van der Waals surface area (Å²) in [6.07, 6.45) is 4.48. The normalized spacial score (nSPS) is 17.5. The third-order valence-corrected chi connectivity index (χ3v) is 4.09. The number of likely N-dealkylation sites (tertiary alicyclic amines) is 1. The van der Waals surface area contributed by atoms with Crippen molar-refractivity contribution in [1.29, 1.82) is 0 Å². The molecule has 0 N–H and O–H groups in total. The lowest BCUT2D eigenvalue weighted by Gasteiger charge is -2.32. The Morgan fingerprint density at radius 2 is 1.74 bits per heavy atom. The van der Waals surface area contributed by atoms with Gasteiger partial charge in [0.15, 0.2) is 0 Å². The van der Waals surface area contributed by atoms with Crippen molar-refractivity contribution in [3.63, 3.8) is 0 Å². The minimum absolute atomic E-state index is 0.125. The second-order valence-corrected chi connectivity index (χ2v) is 5.93. The fourth-order valence-electron chi connectivity index (χ4n) is 2.82. The van der Waals surface area contributed by atoms with Gasteiger partial charge in [-0.25, -0.2) is 0 Å². The Morgan fingerprint density at radius 1 is 1.11 bits per heavy atom. The Bertz CT molecular complexity index is 393. The molecular formula is C17H25NO. The highest BCUT2D eigenvalue weighted by Gasteiger charge is 2.27. The third kappa shape index (κ3) is 3.82. The van der Waals surface area contributed by atoms with Crippen LogP contribution >= 0.6 is 0 Å². The van der Waals surface area contributed by atoms with Crippen LogP contribution in [0.2, 0.25) is 0 Å². The van der Waals surface area contributed by atoms with E-state index >= 15 is 0 Å². The van der Waals surface area contributed by atoms with Crippen LogP contribution in [-0.4, -0.2) is 23.9 Å². The van der Waals surface area contributed by atoms with E-state index in [1.165, 1.54) is 24.8 Å². The minimum atomic E-state index is 0.125. The van der Waals surface area contributed by atoms with Crippen LogP contribution in [0.25, 0.3) is 0 Å². The van der Waals surface area contributed by atoms with Crippen molar-refractivity contribution in [2.45, 2.75) is 39.5 Å². The van der Waals surface area contributed by atoms with Crippen molar-refractivity contribution in [2.24, 2.45) is 11.8 Å². The van der Waals surface area contributed by atoms with Gasteiger partial charge < -0.3 is 4.90 Å². The molecule has 1 fully saturated rings. The van der Waals surface area contributed by atoms with Crippen LogP contribution in [0.15, 0.2) is 30.3 Å². The first kappa shape index (κ1) is 14.1. The lowest BCUT2D eigenvalue weighted by Crippen LogP contribution is -2.42. The largest absolute Gasteiger partial charge is 0.342 e. The van der Waals surface area contributed by atoms with Gasteiger partial charge in [-0.15, -0.1) is 0 Å². The standard InChI is InChI=1S/C17H25NO/c1-14(2)16(13-15-9-5-3-6-10-15)17(19)18-11-7-4-8-12-18/h3,5-6,9-10,14,16H,4,7-8,11-13H2,1-2H3/t16-/m1/s1. The predicted molar refractivity (Wildman–Crippen MR) is 78.9 cm³/mol. The van der Waals surface area contributed by atoms with E-state index in [0.29, 0.717) is 11.8 Å². The Balaban J connectivity index is 2.04. The zero-order chi connectivity index (χ0) is 13.7. The molecular weight excluding hydrogens is 234 g/mol. The summed E-state index contributed by atoms with van der Waals surface area (Å²) in [7, 11) is 0. The molecule has 19 heavy (non-hydrogen) atoms. The van der Waals surface area contributed by atoms with Crippen molar-refractivity contribution >= 4 is 5.91 Å². The lowest BCUT2D eigenvalue weighted by atomic mass is 9.87. The predicted octanol–water partition coefficient (Wildman–Crippen LogP) is 3.51. The number of benzene rings is 1. The van der Waals surface area contributed by atoms with Gasteiger partial charge in [-0.1, -0.05) is 44.2 Å². The Labute approximate surface area is 116 Å². The number of amides is 1. The summed E-state index contributed by atoms with van der Waals surface area (Å²) >= 11 is 0. The summed E-state index contributed by atoms with van der Waals surface area (Å²) in [5.41, 5.74) is 1.27. The highest BCUT2D eigenvalue weighted by Crippen LogP contribution is 2.22. The Morgan fingerprint density at radius 3 is 2.32 bits per heavy atom. The zero-order valence-corrected chi connectivity index (χ0v) is 12.1. The van der Waals surface area contributed by atoms with Crippen molar-refractivity contribution < 1.29 is 4.79 Å². The van der Waals surface area contributed by atoms with Gasteiger partial charge in [0.2, 0.25) is 5.91 Å². The Hall–Kier alpha value is -1.31. The van der Waals surface area contributed by atoms with E-state index in [1.807, 2.05) is 6.07 Å². The van der Waals surface area contributed by atoms with Crippen LogP contribution in [0.3, 0.4) is 0 Å². The average molecular weight is 259 g/mol. The number of nitrogens with zero attached hydrogens (tertiary/aromatic N) is 1. The van der Waals surface area contributed by atoms with Crippen molar-refractivity contribution in [3.8, 4) is 0 Å². The van der Waals surface area contributed by atoms with Gasteiger partial charge in [0.05, 0.1) is 0 Å². The molecule has 0 unspecified atom stereocenters. The van der Waals surface area contributed by atoms with Crippen LogP contribution in [-0.2, 0) is 11.2 Å². The summed E-state index contributed by atoms with van der Waals surface area (Å²) in [4.78, 5) is 14.8. The molecule has 1 aromatic carbocycles. The Kier molecular flexibility index (Phi) is 5.00. The van der Waals surface area contributed by atoms with Gasteiger partial charge in [-0.3, -0.25) is 4.79 Å². The molecule has 104 valence electrons. The summed E-state index contributed by atoms with van der Waals surface area (Å²) in [5, 5.41) is 0. The maximum Gasteiger partial charge on any atom is 0.226 e. The fraction of sp³-hybridized carbons (Fsp3) is 0.588. The molecule has 1 aromatic rings. The molecule has 1 heterocycles. The highest BCUT2D eigenvalue weighted by molar-refractivity contribution is 5.79. The van der Waals surface area contributed by atoms with E-state index in [9.17, 15) is 4.79 Å². The van der Waals surface area contributed by atoms with Crippen LogP contribution in [0.5, 0.6) is 0 Å². The molecule has 1 saturated heterocycles. The van der Waals surface area contributed by atoms with E-state index in [0.717, 1.165) is 19.5 Å². The second-order valence-electron chi connectivity index (χ2n) is 5.93. The number of piperidine rings is 1. The van der Waals surface area contributed by atoms with Crippen molar-refractivity contribution in [1.82, 2.24) is 4.90 Å². The molecule has 1 atom stereocenters. The first-order chi connectivity index (χ1) is 9.18. The molecule has 1 aliphatic heterocycles. The smallest absolute Gasteiger partial charge is 0.226 e. The van der Waals surface area contributed by atoms with E-state index in [-0.39, 0.29) is 5.92 Å². The summed E-state index contributed by atoms with van der Waals surface area (Å²) < 4.78 is 0. The number of carbonyl (C=O) groups excluding carboxylic acids is 1. The SMILES string of the molecule is CC(C)[C@@H](Cc1ccccc1)C(=O)N1CCCCC1. The molecule has 2 nitrogen and oxygen atoms in total. The van der Waals surface area contributed by atoms with Crippen LogP contribution in [0, 0.1) is 11.8 Å². The van der Waals surface area contributed by atoms with E-state index in [4.69, 9.17) is 0 Å². The quantitative estimate of drug-likeness (QED) is 0.810. The lowest BCUT2D eigenvalue weighted by molar-refractivity contribution is -0.137. The van der Waals surface area contributed by atoms with E-state index in [1.54, 1.807) is 0 Å². The summed E-state index contributed by atoms with van der Waals surface area (Å²) in [6.45, 7) is 6.23. The van der Waals surface area contributed by atoms with Crippen molar-refractivity contribution in [2.75, 3.05) is 13.1 Å². The van der Waals surface area contributed by atoms with Gasteiger partial charge in [0.1, 0.15) is 0 Å². The summed E-state index contributed by atoms with van der Waals surface area (Å²) in [5.74, 6) is 0.883. The number of hydrogen-bond acceptors (Lipinski definition) is 1. The third-order valence-electron chi connectivity index (χ3n) is 4.09. The monoisotopic (exact) mass is 259 g/mol. The van der Waals surface area contributed by atoms with E-state index < -0.39 is 0 Å². The van der Waals surface area contributed by atoms with Crippen LogP contribution < -0.4 is 0 Å². The average Bonchev–Trinajstić information content (AvgIpc) is 2.46. The van der Waals surface area contributed by atoms with Gasteiger partial charge in [0, 0.05) is 19.0 Å².